The van der Waals surface area contributed by atoms with E-state index in [2.05, 4.69) is 43.2 Å². The highest BCUT2D eigenvalue weighted by atomic mass is 127. The number of nitrogens with one attached hydrogen (secondary N) is 1. The van der Waals surface area contributed by atoms with Gasteiger partial charge in [-0.1, -0.05) is 22.8 Å². The average molecular weight is 568 g/mol. The highest BCUT2D eigenvalue weighted by Crippen LogP contribution is 2.19. The molecule has 0 saturated carbocycles. The van der Waals surface area contributed by atoms with E-state index in [1.54, 1.807) is 0 Å². The van der Waals surface area contributed by atoms with Gasteiger partial charge in [0.1, 0.15) is 5.82 Å². The van der Waals surface area contributed by atoms with Gasteiger partial charge in [0.05, 0.1) is 6.54 Å². The van der Waals surface area contributed by atoms with Gasteiger partial charge < -0.3 is 19.6 Å². The summed E-state index contributed by atoms with van der Waals surface area (Å²) in [6, 6.07) is 13.4. The van der Waals surface area contributed by atoms with Crippen LogP contribution in [0.5, 0.6) is 0 Å². The number of rotatable bonds is 6. The first-order valence-corrected chi connectivity index (χ1v) is 10.9. The fourth-order valence-corrected chi connectivity index (χ4v) is 3.57. The molecule has 1 aromatic carbocycles. The summed E-state index contributed by atoms with van der Waals surface area (Å²) in [6.45, 7) is 7.08. The molecule has 0 aliphatic carbocycles. The summed E-state index contributed by atoms with van der Waals surface area (Å²) < 4.78 is 5.39. The zero-order valence-electron chi connectivity index (χ0n) is 17.9. The van der Waals surface area contributed by atoms with Gasteiger partial charge in [0.25, 0.3) is 0 Å². The lowest BCUT2D eigenvalue weighted by Crippen LogP contribution is -2.52. The zero-order chi connectivity index (χ0) is 21.5. The van der Waals surface area contributed by atoms with Crippen LogP contribution in [0.4, 0.5) is 5.82 Å². The van der Waals surface area contributed by atoms with E-state index < -0.39 is 0 Å². The molecule has 0 amide bonds. The Morgan fingerprint density at radius 1 is 1.12 bits per heavy atom. The van der Waals surface area contributed by atoms with Crippen LogP contribution < -0.4 is 10.2 Å². The first-order chi connectivity index (χ1) is 15.2. The molecule has 1 N–H and O–H groups in total. The number of anilines is 1. The molecule has 8 nitrogen and oxygen atoms in total. The van der Waals surface area contributed by atoms with Gasteiger partial charge in [0, 0.05) is 55.9 Å². The van der Waals surface area contributed by atoms with Crippen LogP contribution in [0, 0.1) is 0 Å². The fourth-order valence-electron chi connectivity index (χ4n) is 3.44. The van der Waals surface area contributed by atoms with E-state index >= 15 is 0 Å². The molecular formula is C22H27ClIN7O. The number of benzene rings is 1. The van der Waals surface area contributed by atoms with Gasteiger partial charge in [-0.05, 0) is 43.3 Å². The third-order valence-corrected chi connectivity index (χ3v) is 5.30. The molecule has 10 heteroatoms. The largest absolute Gasteiger partial charge is 0.357 e. The minimum Gasteiger partial charge on any atom is -0.357 e. The molecule has 2 aromatic heterocycles. The lowest BCUT2D eigenvalue weighted by atomic mass is 10.2. The monoisotopic (exact) mass is 567 g/mol. The molecule has 3 heterocycles. The molecule has 32 heavy (non-hydrogen) atoms. The predicted octanol–water partition coefficient (Wildman–Crippen LogP) is 3.73. The van der Waals surface area contributed by atoms with Crippen LogP contribution in [0.2, 0.25) is 5.02 Å². The van der Waals surface area contributed by atoms with Gasteiger partial charge >= 0.3 is 0 Å². The van der Waals surface area contributed by atoms with Gasteiger partial charge in [-0.25, -0.2) is 4.98 Å². The highest BCUT2D eigenvalue weighted by molar-refractivity contribution is 14.0. The SMILES string of the molecule is CCNC(=NCCc1nc(-c2ccc(Cl)cc2)no1)N1CCN(c2ccccn2)CC1.I. The van der Waals surface area contributed by atoms with Crippen molar-refractivity contribution in [1.29, 1.82) is 0 Å². The van der Waals surface area contributed by atoms with Gasteiger partial charge in [-0.2, -0.15) is 4.98 Å². The molecular weight excluding hydrogens is 541 g/mol. The number of guanidine groups is 1. The fraction of sp³-hybridized carbons (Fsp3) is 0.364. The normalized spacial score (nSPS) is 14.2. The predicted molar refractivity (Wildman–Crippen MR) is 138 cm³/mol. The Morgan fingerprint density at radius 3 is 2.59 bits per heavy atom. The minimum absolute atomic E-state index is 0. The summed E-state index contributed by atoms with van der Waals surface area (Å²) >= 11 is 5.94. The summed E-state index contributed by atoms with van der Waals surface area (Å²) in [5, 5.41) is 8.13. The van der Waals surface area contributed by atoms with Crippen molar-refractivity contribution in [2.75, 3.05) is 44.2 Å². The van der Waals surface area contributed by atoms with Crippen molar-refractivity contribution in [2.24, 2.45) is 4.99 Å². The first kappa shape index (κ1) is 24.2. The van der Waals surface area contributed by atoms with Crippen molar-refractivity contribution >= 4 is 47.4 Å². The van der Waals surface area contributed by atoms with Crippen molar-refractivity contribution < 1.29 is 4.52 Å². The van der Waals surface area contributed by atoms with Crippen molar-refractivity contribution in [3.63, 3.8) is 0 Å². The number of hydrogen-bond acceptors (Lipinski definition) is 6. The van der Waals surface area contributed by atoms with E-state index in [0.717, 1.165) is 50.1 Å². The van der Waals surface area contributed by atoms with E-state index in [1.807, 2.05) is 42.6 Å². The van der Waals surface area contributed by atoms with Gasteiger partial charge in [-0.15, -0.1) is 24.0 Å². The summed E-state index contributed by atoms with van der Waals surface area (Å²) in [7, 11) is 0. The van der Waals surface area contributed by atoms with Crippen LogP contribution in [-0.4, -0.2) is 65.3 Å². The Hall–Kier alpha value is -2.40. The van der Waals surface area contributed by atoms with Crippen LogP contribution in [0.25, 0.3) is 11.4 Å². The van der Waals surface area contributed by atoms with Crippen LogP contribution in [0.15, 0.2) is 58.2 Å². The zero-order valence-corrected chi connectivity index (χ0v) is 21.0. The molecule has 1 aliphatic rings. The average Bonchev–Trinajstić information content (AvgIpc) is 3.29. The van der Waals surface area contributed by atoms with E-state index in [4.69, 9.17) is 21.1 Å². The van der Waals surface area contributed by atoms with Gasteiger partial charge in [0.2, 0.25) is 11.7 Å². The Balaban J connectivity index is 0.00000289. The topological polar surface area (TPSA) is 82.7 Å². The summed E-state index contributed by atoms with van der Waals surface area (Å²) in [4.78, 5) is 18.3. The van der Waals surface area contributed by atoms with E-state index in [1.165, 1.54) is 0 Å². The second kappa shape index (κ2) is 12.0. The molecule has 0 bridgehead atoms. The standard InChI is InChI=1S/C22H26ClN7O.HI/c1-2-24-22(30-15-13-29(14-16-30)19-5-3-4-11-25-19)26-12-10-20-27-21(28-31-20)17-6-8-18(23)9-7-17;/h3-9,11H,2,10,12-16H2,1H3,(H,24,26);1H. The Morgan fingerprint density at radius 2 is 1.91 bits per heavy atom. The molecule has 1 fully saturated rings. The number of hydrogen-bond donors (Lipinski definition) is 1. The van der Waals surface area contributed by atoms with Crippen LogP contribution in [-0.2, 0) is 6.42 Å². The Kier molecular flexibility index (Phi) is 9.10. The second-order valence-electron chi connectivity index (χ2n) is 7.17. The lowest BCUT2D eigenvalue weighted by Gasteiger charge is -2.37. The number of pyridine rings is 1. The third-order valence-electron chi connectivity index (χ3n) is 5.05. The number of piperazine rings is 1. The summed E-state index contributed by atoms with van der Waals surface area (Å²) in [6.07, 6.45) is 2.42. The van der Waals surface area contributed by atoms with Gasteiger partial charge in [0.15, 0.2) is 5.96 Å². The van der Waals surface area contributed by atoms with Crippen molar-refractivity contribution in [2.45, 2.75) is 13.3 Å². The molecule has 0 unspecified atom stereocenters. The number of halogens is 2. The molecule has 0 spiro atoms. The van der Waals surface area contributed by atoms with E-state index in [9.17, 15) is 0 Å². The molecule has 3 aromatic rings. The smallest absolute Gasteiger partial charge is 0.228 e. The van der Waals surface area contributed by atoms with Gasteiger partial charge in [-0.3, -0.25) is 4.99 Å². The molecule has 0 atom stereocenters. The highest BCUT2D eigenvalue weighted by Gasteiger charge is 2.20. The summed E-state index contributed by atoms with van der Waals surface area (Å²) in [5.74, 6) is 3.08. The number of aliphatic imine (C=N–C) groups is 1. The van der Waals surface area contributed by atoms with Crippen LogP contribution in [0.1, 0.15) is 12.8 Å². The minimum atomic E-state index is 0. The quantitative estimate of drug-likeness (QED) is 0.276. The summed E-state index contributed by atoms with van der Waals surface area (Å²) in [5.41, 5.74) is 0.877. The number of nitrogens with zero attached hydrogens (tertiary/aromatic N) is 6. The molecule has 0 radical (unpaired) electrons. The lowest BCUT2D eigenvalue weighted by molar-refractivity contribution is 0.368. The van der Waals surface area contributed by atoms with E-state index in [-0.39, 0.29) is 24.0 Å². The molecule has 1 aliphatic heterocycles. The third kappa shape index (κ3) is 6.32. The maximum absolute atomic E-state index is 5.94. The Bertz CT molecular complexity index is 989. The first-order valence-electron chi connectivity index (χ1n) is 10.5. The molecule has 4 rings (SSSR count). The second-order valence-corrected chi connectivity index (χ2v) is 7.60. The molecule has 170 valence electrons. The van der Waals surface area contributed by atoms with Crippen LogP contribution >= 0.6 is 35.6 Å². The van der Waals surface area contributed by atoms with Crippen LogP contribution in [0.3, 0.4) is 0 Å². The maximum atomic E-state index is 5.94. The van der Waals surface area contributed by atoms with Crippen molar-refractivity contribution in [3.8, 4) is 11.4 Å². The Labute approximate surface area is 210 Å². The molecule has 1 saturated heterocycles. The van der Waals surface area contributed by atoms with Crippen molar-refractivity contribution in [1.82, 2.24) is 25.3 Å². The van der Waals surface area contributed by atoms with Crippen molar-refractivity contribution in [3.05, 3.63) is 59.6 Å². The maximum Gasteiger partial charge on any atom is 0.228 e. The van der Waals surface area contributed by atoms with E-state index in [0.29, 0.717) is 29.7 Å². The number of aromatic nitrogens is 3.